The Morgan fingerprint density at radius 3 is 2.68 bits per heavy atom. The van der Waals surface area contributed by atoms with Gasteiger partial charge in [-0.25, -0.2) is 4.39 Å². The number of hydrogen-bond donors (Lipinski definition) is 2. The molecule has 0 saturated carbocycles. The fourth-order valence-electron chi connectivity index (χ4n) is 4.56. The summed E-state index contributed by atoms with van der Waals surface area (Å²) in [6.45, 7) is 2.40. The van der Waals surface area contributed by atoms with Gasteiger partial charge in [0, 0.05) is 42.4 Å². The minimum absolute atomic E-state index is 0.0446. The van der Waals surface area contributed by atoms with Crippen LogP contribution in [0.1, 0.15) is 35.5 Å². The third kappa shape index (κ3) is 5.35. The molecule has 1 saturated heterocycles. The topological polar surface area (TPSA) is 62.2 Å². The van der Waals surface area contributed by atoms with Crippen LogP contribution in [0, 0.1) is 12.7 Å². The zero-order chi connectivity index (χ0) is 25.9. The zero-order valence-electron chi connectivity index (χ0n) is 20.1. The molecule has 0 bridgehead atoms. The van der Waals surface area contributed by atoms with E-state index in [1.165, 1.54) is 6.07 Å². The molecular formula is C28H25ClFN5OS. The van der Waals surface area contributed by atoms with Gasteiger partial charge in [0.1, 0.15) is 5.82 Å². The summed E-state index contributed by atoms with van der Waals surface area (Å²) < 4.78 is 15.8. The molecule has 6 nitrogen and oxygen atoms in total. The van der Waals surface area contributed by atoms with E-state index in [4.69, 9.17) is 23.8 Å². The predicted octanol–water partition coefficient (Wildman–Crippen LogP) is 5.97. The second-order valence-corrected chi connectivity index (χ2v) is 9.68. The molecule has 3 heterocycles. The predicted molar refractivity (Wildman–Crippen MR) is 147 cm³/mol. The van der Waals surface area contributed by atoms with Crippen LogP contribution in [0.5, 0.6) is 0 Å². The molecule has 1 amide bonds. The number of pyridine rings is 1. The van der Waals surface area contributed by atoms with Crippen LogP contribution in [0.4, 0.5) is 10.1 Å². The van der Waals surface area contributed by atoms with Crippen molar-refractivity contribution in [3.05, 3.63) is 113 Å². The monoisotopic (exact) mass is 533 g/mol. The van der Waals surface area contributed by atoms with Crippen LogP contribution in [0.2, 0.25) is 5.02 Å². The molecular weight excluding hydrogens is 509 g/mol. The Hall–Kier alpha value is -3.75. The van der Waals surface area contributed by atoms with E-state index in [-0.39, 0.29) is 29.4 Å². The molecule has 5 rings (SSSR count). The van der Waals surface area contributed by atoms with Crippen LogP contribution in [-0.4, -0.2) is 32.0 Å². The second-order valence-electron chi connectivity index (χ2n) is 8.89. The van der Waals surface area contributed by atoms with Crippen molar-refractivity contribution in [2.45, 2.75) is 25.4 Å². The van der Waals surface area contributed by atoms with E-state index in [1.807, 2.05) is 77.2 Å². The number of thiocarbonyl (C=S) groups is 1. The molecule has 0 aliphatic carbocycles. The van der Waals surface area contributed by atoms with E-state index in [9.17, 15) is 9.18 Å². The number of benzene rings is 2. The van der Waals surface area contributed by atoms with Crippen LogP contribution >= 0.6 is 23.8 Å². The first-order valence-corrected chi connectivity index (χ1v) is 12.7. The first-order chi connectivity index (χ1) is 17.9. The molecule has 0 radical (unpaired) electrons. The Morgan fingerprint density at radius 1 is 1.14 bits per heavy atom. The number of rotatable bonds is 7. The molecule has 0 spiro atoms. The Morgan fingerprint density at radius 2 is 1.95 bits per heavy atom. The largest absolute Gasteiger partial charge is 0.352 e. The van der Waals surface area contributed by atoms with Gasteiger partial charge in [0.05, 0.1) is 22.8 Å². The SMILES string of the molecule is Cc1ccc(NC(=O)CCN2C(=S)N[C@H](c3ccccn3)[C@@H]2c2cccn2-c2ccc(F)c(Cl)c2)cc1. The maximum atomic E-state index is 13.9. The van der Waals surface area contributed by atoms with Gasteiger partial charge in [-0.15, -0.1) is 0 Å². The molecule has 2 atom stereocenters. The summed E-state index contributed by atoms with van der Waals surface area (Å²) in [5, 5.41) is 6.93. The molecule has 2 N–H and O–H groups in total. The van der Waals surface area contributed by atoms with Gasteiger partial charge in [0.25, 0.3) is 0 Å². The van der Waals surface area contributed by atoms with E-state index >= 15 is 0 Å². The van der Waals surface area contributed by atoms with Crippen LogP contribution < -0.4 is 10.6 Å². The number of carbonyl (C=O) groups is 1. The van der Waals surface area contributed by atoms with Crippen molar-refractivity contribution in [1.82, 2.24) is 19.8 Å². The molecule has 0 unspecified atom stereocenters. The maximum absolute atomic E-state index is 13.9. The Bertz CT molecular complexity index is 1430. The summed E-state index contributed by atoms with van der Waals surface area (Å²) >= 11 is 11.8. The normalized spacial score (nSPS) is 17.1. The summed E-state index contributed by atoms with van der Waals surface area (Å²) in [4.78, 5) is 19.4. The molecule has 37 heavy (non-hydrogen) atoms. The number of halogens is 2. The van der Waals surface area contributed by atoms with Crippen molar-refractivity contribution < 1.29 is 9.18 Å². The number of aromatic nitrogens is 2. The van der Waals surface area contributed by atoms with Gasteiger partial charge in [-0.2, -0.15) is 0 Å². The molecule has 2 aromatic carbocycles. The number of nitrogens with one attached hydrogen (secondary N) is 2. The summed E-state index contributed by atoms with van der Waals surface area (Å²) in [5.74, 6) is -0.581. The fourth-order valence-corrected chi connectivity index (χ4v) is 5.06. The minimum Gasteiger partial charge on any atom is -0.352 e. The van der Waals surface area contributed by atoms with Gasteiger partial charge in [-0.1, -0.05) is 35.4 Å². The number of hydrogen-bond acceptors (Lipinski definition) is 3. The molecule has 1 aliphatic rings. The fraction of sp³-hybridized carbons (Fsp3) is 0.179. The average molecular weight is 534 g/mol. The summed E-state index contributed by atoms with van der Waals surface area (Å²) in [6, 6.07) is 21.4. The lowest BCUT2D eigenvalue weighted by molar-refractivity contribution is -0.116. The van der Waals surface area contributed by atoms with Crippen molar-refractivity contribution in [1.29, 1.82) is 0 Å². The number of anilines is 1. The molecule has 1 aliphatic heterocycles. The van der Waals surface area contributed by atoms with Gasteiger partial charge < -0.3 is 20.1 Å². The highest BCUT2D eigenvalue weighted by molar-refractivity contribution is 7.80. The first-order valence-electron chi connectivity index (χ1n) is 11.9. The molecule has 2 aromatic heterocycles. The number of carbonyl (C=O) groups excluding carboxylic acids is 1. The van der Waals surface area contributed by atoms with E-state index in [2.05, 4.69) is 15.6 Å². The second kappa shape index (κ2) is 10.7. The van der Waals surface area contributed by atoms with E-state index in [0.29, 0.717) is 11.7 Å². The lowest BCUT2D eigenvalue weighted by Gasteiger charge is -2.29. The zero-order valence-corrected chi connectivity index (χ0v) is 21.6. The van der Waals surface area contributed by atoms with E-state index in [1.54, 1.807) is 18.3 Å². The number of nitrogens with zero attached hydrogens (tertiary/aromatic N) is 3. The van der Waals surface area contributed by atoms with Crippen molar-refractivity contribution in [2.75, 3.05) is 11.9 Å². The van der Waals surface area contributed by atoms with Gasteiger partial charge >= 0.3 is 0 Å². The average Bonchev–Trinajstić information content (AvgIpc) is 3.50. The van der Waals surface area contributed by atoms with Crippen LogP contribution in [0.15, 0.2) is 85.2 Å². The lowest BCUT2D eigenvalue weighted by atomic mass is 10.0. The quantitative estimate of drug-likeness (QED) is 0.286. The van der Waals surface area contributed by atoms with Crippen molar-refractivity contribution in [3.63, 3.8) is 0 Å². The highest BCUT2D eigenvalue weighted by atomic mass is 35.5. The standard InChI is InChI=1S/C28H25ClFN5OS/c1-18-7-9-19(10-8-18)32-25(36)13-16-35-27(26(33-28(35)37)23-5-2-3-14-31-23)24-6-4-15-34(24)20-11-12-22(30)21(29)17-20/h2-12,14-15,17,26-27H,13,16H2,1H3,(H,32,36)(H,33,37)/t26-,27+/m1/s1. The minimum atomic E-state index is -0.476. The number of amides is 1. The highest BCUT2D eigenvalue weighted by Crippen LogP contribution is 2.39. The van der Waals surface area contributed by atoms with Crippen LogP contribution in [-0.2, 0) is 4.79 Å². The third-order valence-corrected chi connectivity index (χ3v) is 7.02. The van der Waals surface area contributed by atoms with Gasteiger partial charge in [0.15, 0.2) is 5.11 Å². The maximum Gasteiger partial charge on any atom is 0.226 e. The van der Waals surface area contributed by atoms with E-state index < -0.39 is 5.82 Å². The van der Waals surface area contributed by atoms with E-state index in [0.717, 1.165) is 28.3 Å². The molecule has 188 valence electrons. The summed E-state index contributed by atoms with van der Waals surface area (Å²) in [6.07, 6.45) is 3.88. The third-order valence-electron chi connectivity index (χ3n) is 6.38. The van der Waals surface area contributed by atoms with Crippen molar-refractivity contribution in [3.8, 4) is 5.69 Å². The van der Waals surface area contributed by atoms with Gasteiger partial charge in [-0.05, 0) is 73.7 Å². The molecule has 9 heteroatoms. The molecule has 1 fully saturated rings. The summed E-state index contributed by atoms with van der Waals surface area (Å²) in [7, 11) is 0. The number of aryl methyl sites for hydroxylation is 1. The smallest absolute Gasteiger partial charge is 0.226 e. The summed E-state index contributed by atoms with van der Waals surface area (Å²) in [5.41, 5.74) is 4.33. The Labute approximate surface area is 225 Å². The lowest BCUT2D eigenvalue weighted by Crippen LogP contribution is -2.33. The highest BCUT2D eigenvalue weighted by Gasteiger charge is 2.41. The van der Waals surface area contributed by atoms with Crippen LogP contribution in [0.3, 0.4) is 0 Å². The van der Waals surface area contributed by atoms with Crippen LogP contribution in [0.25, 0.3) is 5.69 Å². The Kier molecular flexibility index (Phi) is 7.21. The van der Waals surface area contributed by atoms with Gasteiger partial charge in [0.2, 0.25) is 5.91 Å². The van der Waals surface area contributed by atoms with Gasteiger partial charge in [-0.3, -0.25) is 9.78 Å². The van der Waals surface area contributed by atoms with Crippen molar-refractivity contribution in [2.24, 2.45) is 0 Å². The Balaban J connectivity index is 1.44. The van der Waals surface area contributed by atoms with Crippen molar-refractivity contribution >= 4 is 40.5 Å². The molecule has 4 aromatic rings. The first kappa shape index (κ1) is 24.9.